The van der Waals surface area contributed by atoms with Gasteiger partial charge >= 0.3 is 12.2 Å². The van der Waals surface area contributed by atoms with Crippen LogP contribution < -0.4 is 15.1 Å². The van der Waals surface area contributed by atoms with Crippen LogP contribution in [0, 0.1) is 0 Å². The smallest absolute Gasteiger partial charge is 0.353 e. The van der Waals surface area contributed by atoms with E-state index < -0.39 is 40.4 Å². The molecule has 9 nitrogen and oxygen atoms in total. The molecule has 1 fully saturated rings. The summed E-state index contributed by atoms with van der Waals surface area (Å²) in [5.41, 5.74) is 0.149. The van der Waals surface area contributed by atoms with E-state index in [-0.39, 0.29) is 32.1 Å². The first kappa shape index (κ1) is 29.9. The van der Waals surface area contributed by atoms with Crippen LogP contribution in [-0.2, 0) is 20.0 Å². The molecule has 40 heavy (non-hydrogen) atoms. The molecule has 1 aliphatic rings. The fourth-order valence-electron chi connectivity index (χ4n) is 4.26. The van der Waals surface area contributed by atoms with Gasteiger partial charge in [0, 0.05) is 41.1 Å². The minimum absolute atomic E-state index is 0.0215. The summed E-state index contributed by atoms with van der Waals surface area (Å²) in [6, 6.07) is 8.15. The van der Waals surface area contributed by atoms with Gasteiger partial charge in [-0.25, -0.2) is 8.42 Å². The van der Waals surface area contributed by atoms with Crippen LogP contribution in [0.3, 0.4) is 0 Å². The first-order valence-electron chi connectivity index (χ1n) is 12.1. The number of sulfone groups is 1. The molecule has 0 bridgehead atoms. The summed E-state index contributed by atoms with van der Waals surface area (Å²) < 4.78 is 69.3. The van der Waals surface area contributed by atoms with Crippen LogP contribution in [0.25, 0.3) is 0 Å². The molecule has 1 amide bonds. The van der Waals surface area contributed by atoms with Gasteiger partial charge in [0.05, 0.1) is 22.6 Å². The number of aromatic nitrogens is 2. The Kier molecular flexibility index (Phi) is 8.30. The lowest BCUT2D eigenvalue weighted by Crippen LogP contribution is -2.39. The first-order chi connectivity index (χ1) is 18.6. The Labute approximate surface area is 239 Å². The molecule has 0 atom stereocenters. The third-order valence-electron chi connectivity index (χ3n) is 6.43. The van der Waals surface area contributed by atoms with E-state index in [1.54, 1.807) is 19.0 Å². The summed E-state index contributed by atoms with van der Waals surface area (Å²) in [6.07, 6.45) is -3.27. The van der Waals surface area contributed by atoms with Gasteiger partial charge in [-0.15, -0.1) is 0 Å². The monoisotopic (exact) mass is 619 g/mol. The summed E-state index contributed by atoms with van der Waals surface area (Å²) in [5.74, 6) is -0.486. The van der Waals surface area contributed by atoms with Crippen LogP contribution in [-0.4, -0.2) is 63.6 Å². The number of alkyl halides is 3. The van der Waals surface area contributed by atoms with E-state index in [0.717, 1.165) is 4.90 Å². The van der Waals surface area contributed by atoms with Crippen molar-refractivity contribution in [2.24, 2.45) is 0 Å². The lowest BCUT2D eigenvalue weighted by Gasteiger charge is -2.26. The molecular weight excluding hydrogens is 594 g/mol. The van der Waals surface area contributed by atoms with E-state index in [0.29, 0.717) is 30.2 Å². The maximum atomic E-state index is 13.3. The standard InChI is InChI=1S/C25H26Cl2F3N5O4S/c1-4-40(37,38)17-7-5-16(6-8-17)35(14-25(28,29)30)13-20(36)31-15-11-18(26)21(19(27)12-15)24(9-10-24)22-32-23(34(2)3)39-33-22/h5-8,11-12H,4,9-10,13-14H2,1-3H3,(H,31,36). The largest absolute Gasteiger partial charge is 0.405 e. The molecule has 0 spiro atoms. The number of hydrogen-bond acceptors (Lipinski definition) is 8. The Morgan fingerprint density at radius 1 is 1.12 bits per heavy atom. The lowest BCUT2D eigenvalue weighted by atomic mass is 9.94. The number of anilines is 3. The van der Waals surface area contributed by atoms with Crippen LogP contribution in [0.15, 0.2) is 45.8 Å². The van der Waals surface area contributed by atoms with Crippen molar-refractivity contribution in [3.63, 3.8) is 0 Å². The summed E-state index contributed by atoms with van der Waals surface area (Å²) in [5, 5.41) is 7.08. The summed E-state index contributed by atoms with van der Waals surface area (Å²) in [6.45, 7) is -0.634. The van der Waals surface area contributed by atoms with Crippen molar-refractivity contribution in [1.82, 2.24) is 10.1 Å². The van der Waals surface area contributed by atoms with Gasteiger partial charge in [-0.1, -0.05) is 35.3 Å². The van der Waals surface area contributed by atoms with E-state index in [9.17, 15) is 26.4 Å². The van der Waals surface area contributed by atoms with E-state index >= 15 is 0 Å². The average molecular weight is 620 g/mol. The van der Waals surface area contributed by atoms with Gasteiger partial charge in [0.2, 0.25) is 5.91 Å². The van der Waals surface area contributed by atoms with E-state index in [1.807, 2.05) is 0 Å². The molecule has 1 saturated carbocycles. The van der Waals surface area contributed by atoms with Gasteiger partial charge in [0.15, 0.2) is 15.7 Å². The van der Waals surface area contributed by atoms with E-state index in [2.05, 4.69) is 15.5 Å². The topological polar surface area (TPSA) is 109 Å². The highest BCUT2D eigenvalue weighted by atomic mass is 35.5. The number of nitrogens with zero attached hydrogens (tertiary/aromatic N) is 4. The predicted octanol–water partition coefficient (Wildman–Crippen LogP) is 5.32. The van der Waals surface area contributed by atoms with Crippen molar-refractivity contribution in [2.75, 3.05) is 48.1 Å². The highest BCUT2D eigenvalue weighted by Crippen LogP contribution is 2.57. The summed E-state index contributed by atoms with van der Waals surface area (Å²) in [4.78, 5) is 19.7. The van der Waals surface area contributed by atoms with Crippen LogP contribution in [0.4, 0.5) is 30.6 Å². The molecule has 0 radical (unpaired) electrons. The van der Waals surface area contributed by atoms with Gasteiger partial charge < -0.3 is 19.6 Å². The van der Waals surface area contributed by atoms with Crippen molar-refractivity contribution < 1.29 is 30.9 Å². The van der Waals surface area contributed by atoms with Crippen LogP contribution in [0.1, 0.15) is 31.2 Å². The Bertz CT molecular complexity index is 1480. The highest BCUT2D eigenvalue weighted by molar-refractivity contribution is 7.91. The van der Waals surface area contributed by atoms with Crippen LogP contribution in [0.2, 0.25) is 10.0 Å². The van der Waals surface area contributed by atoms with Crippen molar-refractivity contribution in [3.8, 4) is 0 Å². The maximum Gasteiger partial charge on any atom is 0.405 e. The van der Waals surface area contributed by atoms with Gasteiger partial charge in [0.25, 0.3) is 0 Å². The van der Waals surface area contributed by atoms with E-state index in [1.165, 1.54) is 43.3 Å². The maximum absolute atomic E-state index is 13.3. The normalized spacial score (nSPS) is 14.6. The number of carbonyl (C=O) groups is 1. The molecule has 4 rings (SSSR count). The first-order valence-corrected chi connectivity index (χ1v) is 14.5. The molecule has 2 aromatic carbocycles. The molecule has 0 unspecified atom stereocenters. The van der Waals surface area contributed by atoms with Gasteiger partial charge in [0.1, 0.15) is 6.54 Å². The second kappa shape index (κ2) is 11.1. The fraction of sp³-hybridized carbons (Fsp3) is 0.400. The Morgan fingerprint density at radius 2 is 1.73 bits per heavy atom. The summed E-state index contributed by atoms with van der Waals surface area (Å²) >= 11 is 13.1. The molecule has 1 heterocycles. The summed E-state index contributed by atoms with van der Waals surface area (Å²) in [7, 11) is -0.0182. The zero-order valence-corrected chi connectivity index (χ0v) is 24.0. The molecule has 1 aliphatic carbocycles. The van der Waals surface area contributed by atoms with Gasteiger partial charge in [-0.05, 0) is 49.2 Å². The van der Waals surface area contributed by atoms with Gasteiger partial charge in [-0.2, -0.15) is 18.2 Å². The van der Waals surface area contributed by atoms with Crippen molar-refractivity contribution in [3.05, 3.63) is 57.8 Å². The Balaban J connectivity index is 1.53. The van der Waals surface area contributed by atoms with Crippen molar-refractivity contribution in [1.29, 1.82) is 0 Å². The predicted molar refractivity (Wildman–Crippen MR) is 146 cm³/mol. The van der Waals surface area contributed by atoms with Crippen LogP contribution in [0.5, 0.6) is 0 Å². The second-order valence-corrected chi connectivity index (χ2v) is 12.7. The third kappa shape index (κ3) is 6.47. The molecule has 1 aromatic heterocycles. The minimum atomic E-state index is -4.62. The quantitative estimate of drug-likeness (QED) is 0.325. The zero-order chi connectivity index (χ0) is 29.5. The molecule has 216 valence electrons. The molecular formula is C25H26Cl2F3N5O4S. The third-order valence-corrected chi connectivity index (χ3v) is 8.77. The number of amides is 1. The number of halogens is 5. The highest BCUT2D eigenvalue weighted by Gasteiger charge is 2.52. The van der Waals surface area contributed by atoms with Crippen molar-refractivity contribution >= 4 is 56.3 Å². The second-order valence-electron chi connectivity index (χ2n) is 9.61. The SMILES string of the molecule is CCS(=O)(=O)c1ccc(N(CC(=O)Nc2cc(Cl)c(C3(c4noc(N(C)C)n4)CC3)c(Cl)c2)CC(F)(F)F)cc1. The number of carbonyl (C=O) groups excluding carboxylic acids is 1. The lowest BCUT2D eigenvalue weighted by molar-refractivity contribution is -0.122. The molecule has 0 aliphatic heterocycles. The molecule has 15 heteroatoms. The molecule has 0 saturated heterocycles. The molecule has 1 N–H and O–H groups in total. The number of rotatable bonds is 10. The number of hydrogen-bond donors (Lipinski definition) is 1. The molecule has 3 aromatic rings. The number of benzene rings is 2. The Hall–Kier alpha value is -3.03. The average Bonchev–Trinajstić information content (AvgIpc) is 3.47. The fourth-order valence-corrected chi connectivity index (χ4v) is 6.00. The van der Waals surface area contributed by atoms with Gasteiger partial charge in [-0.3, -0.25) is 4.79 Å². The van der Waals surface area contributed by atoms with E-state index in [4.69, 9.17) is 27.7 Å². The number of nitrogens with one attached hydrogen (secondary N) is 1. The van der Waals surface area contributed by atoms with Crippen LogP contribution >= 0.6 is 23.2 Å². The van der Waals surface area contributed by atoms with Crippen molar-refractivity contribution in [2.45, 2.75) is 36.3 Å². The Morgan fingerprint density at radius 3 is 2.20 bits per heavy atom. The minimum Gasteiger partial charge on any atom is -0.353 e. The zero-order valence-electron chi connectivity index (χ0n) is 21.7.